The first-order valence-electron chi connectivity index (χ1n) is 5.77. The number of thioether (sulfide) groups is 1. The molecule has 2 heterocycles. The van der Waals surface area contributed by atoms with E-state index >= 15 is 0 Å². The van der Waals surface area contributed by atoms with E-state index in [1.807, 2.05) is 24.4 Å². The second-order valence-corrected chi connectivity index (χ2v) is 5.38. The van der Waals surface area contributed by atoms with Gasteiger partial charge in [-0.15, -0.1) is 0 Å². The van der Waals surface area contributed by atoms with Crippen molar-refractivity contribution in [3.8, 4) is 0 Å². The Hall–Kier alpha value is -1.75. The third kappa shape index (κ3) is 1.90. The molecule has 1 aliphatic rings. The van der Waals surface area contributed by atoms with Crippen molar-refractivity contribution in [2.24, 2.45) is 4.99 Å². The molecule has 0 spiro atoms. The number of benzene rings is 1. The molecular formula is C13H13N3OS. The van der Waals surface area contributed by atoms with E-state index in [9.17, 15) is 4.79 Å². The molecule has 2 aromatic rings. The number of para-hydroxylation sites is 1. The quantitative estimate of drug-likeness (QED) is 0.865. The van der Waals surface area contributed by atoms with Crippen LogP contribution in [0.2, 0.25) is 0 Å². The molecule has 5 heteroatoms. The number of nitrogens with zero attached hydrogens (tertiary/aromatic N) is 1. The van der Waals surface area contributed by atoms with Crippen LogP contribution in [0.3, 0.4) is 0 Å². The van der Waals surface area contributed by atoms with Crippen LogP contribution in [0.25, 0.3) is 10.9 Å². The van der Waals surface area contributed by atoms with Crippen LogP contribution in [0.1, 0.15) is 5.56 Å². The Morgan fingerprint density at radius 2 is 2.22 bits per heavy atom. The molecule has 18 heavy (non-hydrogen) atoms. The van der Waals surface area contributed by atoms with E-state index in [-0.39, 0.29) is 11.2 Å². The Kier molecular flexibility index (Phi) is 2.83. The molecular weight excluding hydrogens is 246 g/mol. The third-order valence-electron chi connectivity index (χ3n) is 3.06. The van der Waals surface area contributed by atoms with Gasteiger partial charge in [-0.1, -0.05) is 30.0 Å². The maximum Gasteiger partial charge on any atom is 0.239 e. The molecule has 0 radical (unpaired) electrons. The van der Waals surface area contributed by atoms with E-state index in [1.165, 1.54) is 22.7 Å². The van der Waals surface area contributed by atoms with E-state index in [0.717, 1.165) is 11.9 Å². The summed E-state index contributed by atoms with van der Waals surface area (Å²) in [5, 5.41) is 4.60. The Labute approximate surface area is 109 Å². The predicted molar refractivity (Wildman–Crippen MR) is 74.9 cm³/mol. The second kappa shape index (κ2) is 4.49. The fraction of sp³-hybridized carbons (Fsp3) is 0.231. The van der Waals surface area contributed by atoms with Crippen molar-refractivity contribution in [1.82, 2.24) is 10.3 Å². The number of aromatic nitrogens is 1. The lowest BCUT2D eigenvalue weighted by molar-refractivity contribution is -0.118. The summed E-state index contributed by atoms with van der Waals surface area (Å²) in [5.74, 6) is 0.0471. The summed E-state index contributed by atoms with van der Waals surface area (Å²) in [5.41, 5.74) is 2.29. The maximum atomic E-state index is 11.8. The topological polar surface area (TPSA) is 57.2 Å². The lowest BCUT2D eigenvalue weighted by atomic mass is 10.1. The van der Waals surface area contributed by atoms with Crippen molar-refractivity contribution in [3.05, 3.63) is 36.0 Å². The Morgan fingerprint density at radius 1 is 1.39 bits per heavy atom. The largest absolute Gasteiger partial charge is 0.361 e. The monoisotopic (exact) mass is 259 g/mol. The molecule has 1 fully saturated rings. The van der Waals surface area contributed by atoms with Crippen LogP contribution < -0.4 is 5.32 Å². The Bertz CT molecular complexity index is 632. The van der Waals surface area contributed by atoms with E-state index in [1.54, 1.807) is 7.05 Å². The average Bonchev–Trinajstić information content (AvgIpc) is 2.95. The molecule has 1 aliphatic heterocycles. The Balaban J connectivity index is 1.87. The number of aromatic amines is 1. The van der Waals surface area contributed by atoms with Gasteiger partial charge in [0, 0.05) is 24.1 Å². The van der Waals surface area contributed by atoms with Crippen LogP contribution in [0.5, 0.6) is 0 Å². The van der Waals surface area contributed by atoms with Gasteiger partial charge >= 0.3 is 0 Å². The van der Waals surface area contributed by atoms with Crippen LogP contribution in [-0.2, 0) is 11.2 Å². The summed E-state index contributed by atoms with van der Waals surface area (Å²) in [6.07, 6.45) is 2.71. The second-order valence-electron chi connectivity index (χ2n) is 4.19. The molecule has 4 nitrogen and oxygen atoms in total. The first-order chi connectivity index (χ1) is 8.78. The van der Waals surface area contributed by atoms with Crippen LogP contribution >= 0.6 is 11.8 Å². The van der Waals surface area contributed by atoms with Gasteiger partial charge in [-0.2, -0.15) is 0 Å². The zero-order valence-electron chi connectivity index (χ0n) is 9.93. The summed E-state index contributed by atoms with van der Waals surface area (Å²) in [6.45, 7) is 0. The van der Waals surface area contributed by atoms with Crippen LogP contribution in [0, 0.1) is 0 Å². The van der Waals surface area contributed by atoms with E-state index in [0.29, 0.717) is 5.17 Å². The van der Waals surface area contributed by atoms with Crippen molar-refractivity contribution < 1.29 is 4.79 Å². The normalized spacial score (nSPS) is 21.7. The average molecular weight is 259 g/mol. The van der Waals surface area contributed by atoms with Crippen molar-refractivity contribution in [2.75, 3.05) is 7.05 Å². The number of amidine groups is 1. The number of aliphatic imine (C=N–C) groups is 1. The Morgan fingerprint density at radius 3 is 3.00 bits per heavy atom. The molecule has 1 unspecified atom stereocenters. The molecule has 1 atom stereocenters. The van der Waals surface area contributed by atoms with Gasteiger partial charge < -0.3 is 10.3 Å². The molecule has 0 aliphatic carbocycles. The number of rotatable bonds is 2. The van der Waals surface area contributed by atoms with Crippen LogP contribution in [0.4, 0.5) is 0 Å². The minimum absolute atomic E-state index is 0.0471. The van der Waals surface area contributed by atoms with Crippen molar-refractivity contribution in [1.29, 1.82) is 0 Å². The number of H-pyrrole nitrogens is 1. The summed E-state index contributed by atoms with van der Waals surface area (Å²) < 4.78 is 0. The summed E-state index contributed by atoms with van der Waals surface area (Å²) >= 11 is 1.50. The number of hydrogen-bond acceptors (Lipinski definition) is 3. The molecule has 3 rings (SSSR count). The predicted octanol–water partition coefficient (Wildman–Crippen LogP) is 1.93. The summed E-state index contributed by atoms with van der Waals surface area (Å²) in [4.78, 5) is 19.0. The first-order valence-corrected chi connectivity index (χ1v) is 6.65. The highest BCUT2D eigenvalue weighted by molar-refractivity contribution is 8.15. The molecule has 92 valence electrons. The molecule has 1 aromatic heterocycles. The lowest BCUT2D eigenvalue weighted by Gasteiger charge is -2.03. The molecule has 2 N–H and O–H groups in total. The highest BCUT2D eigenvalue weighted by atomic mass is 32.2. The lowest BCUT2D eigenvalue weighted by Crippen LogP contribution is -2.25. The van der Waals surface area contributed by atoms with Gasteiger partial charge in [-0.25, -0.2) is 0 Å². The molecule has 1 amide bonds. The zero-order valence-corrected chi connectivity index (χ0v) is 10.8. The van der Waals surface area contributed by atoms with Crippen LogP contribution in [0.15, 0.2) is 35.5 Å². The number of hydrogen-bond donors (Lipinski definition) is 2. The molecule has 0 saturated carbocycles. The first kappa shape index (κ1) is 11.3. The van der Waals surface area contributed by atoms with Gasteiger partial charge in [0.2, 0.25) is 5.91 Å². The van der Waals surface area contributed by atoms with E-state index < -0.39 is 0 Å². The van der Waals surface area contributed by atoms with Crippen molar-refractivity contribution in [3.63, 3.8) is 0 Å². The zero-order chi connectivity index (χ0) is 12.5. The summed E-state index contributed by atoms with van der Waals surface area (Å²) in [7, 11) is 1.69. The van der Waals surface area contributed by atoms with E-state index in [2.05, 4.69) is 21.4 Å². The van der Waals surface area contributed by atoms with Gasteiger partial charge in [0.05, 0.1) is 5.25 Å². The van der Waals surface area contributed by atoms with Crippen molar-refractivity contribution in [2.45, 2.75) is 11.7 Å². The van der Waals surface area contributed by atoms with Crippen molar-refractivity contribution >= 4 is 33.7 Å². The van der Waals surface area contributed by atoms with Crippen LogP contribution in [-0.4, -0.2) is 28.4 Å². The number of fused-ring (bicyclic) bond motifs is 1. The minimum Gasteiger partial charge on any atom is -0.361 e. The molecule has 1 saturated heterocycles. The van der Waals surface area contributed by atoms with Gasteiger partial charge in [-0.3, -0.25) is 9.79 Å². The summed E-state index contributed by atoms with van der Waals surface area (Å²) in [6, 6.07) is 8.13. The van der Waals surface area contributed by atoms with Gasteiger partial charge in [0.15, 0.2) is 5.17 Å². The fourth-order valence-corrected chi connectivity index (χ4v) is 3.11. The minimum atomic E-state index is -0.0806. The number of carbonyl (C=O) groups is 1. The maximum absolute atomic E-state index is 11.8. The highest BCUT2D eigenvalue weighted by Gasteiger charge is 2.30. The SMILES string of the molecule is CN=C1NC(=O)C(Cc2c[nH]c3ccccc23)S1. The molecule has 1 aromatic carbocycles. The van der Waals surface area contributed by atoms with E-state index in [4.69, 9.17) is 0 Å². The molecule has 0 bridgehead atoms. The standard InChI is InChI=1S/C13H13N3OS/c1-14-13-16-12(17)11(18-13)6-8-7-15-10-5-3-2-4-9(8)10/h2-5,7,11,15H,6H2,1H3,(H,14,16,17). The number of nitrogens with one attached hydrogen (secondary N) is 2. The highest BCUT2D eigenvalue weighted by Crippen LogP contribution is 2.26. The number of amides is 1. The van der Waals surface area contributed by atoms with Gasteiger partial charge in [-0.05, 0) is 18.1 Å². The smallest absolute Gasteiger partial charge is 0.239 e. The third-order valence-corrected chi connectivity index (χ3v) is 4.23. The van der Waals surface area contributed by atoms with Gasteiger partial charge in [0.1, 0.15) is 0 Å². The van der Waals surface area contributed by atoms with Gasteiger partial charge in [0.25, 0.3) is 0 Å². The number of carbonyl (C=O) groups excluding carboxylic acids is 1. The fourth-order valence-electron chi connectivity index (χ4n) is 2.15.